The summed E-state index contributed by atoms with van der Waals surface area (Å²) >= 11 is 9.88. The van der Waals surface area contributed by atoms with Crippen molar-refractivity contribution in [2.75, 3.05) is 5.32 Å². The summed E-state index contributed by atoms with van der Waals surface area (Å²) in [5.74, 6) is 0.962. The van der Waals surface area contributed by atoms with Gasteiger partial charge in [-0.3, -0.25) is 4.90 Å². The number of hydrogen-bond acceptors (Lipinski definition) is 3. The molecule has 4 aliphatic rings. The lowest BCUT2D eigenvalue weighted by Crippen LogP contribution is -2.45. The number of benzene rings is 1. The number of amides is 2. The molecule has 1 saturated carbocycles. The first kappa shape index (κ1) is 17.2. The highest BCUT2D eigenvalue weighted by atomic mass is 79.9. The first-order chi connectivity index (χ1) is 13.1. The Bertz CT molecular complexity index is 903. The van der Waals surface area contributed by atoms with E-state index < -0.39 is 0 Å². The van der Waals surface area contributed by atoms with Crippen molar-refractivity contribution >= 4 is 44.9 Å². The Kier molecular flexibility index (Phi) is 4.20. The van der Waals surface area contributed by atoms with Crippen LogP contribution in [0.5, 0.6) is 0 Å². The topological polar surface area (TPSA) is 47.6 Å². The van der Waals surface area contributed by atoms with Gasteiger partial charge in [-0.05, 0) is 43.2 Å². The molecule has 2 amide bonds. The van der Waals surface area contributed by atoms with Crippen LogP contribution in [0.1, 0.15) is 37.7 Å². The van der Waals surface area contributed by atoms with Crippen molar-refractivity contribution in [3.05, 3.63) is 57.4 Å². The quantitative estimate of drug-likeness (QED) is 0.660. The number of hydrogen-bond donors (Lipinski definition) is 2. The van der Waals surface area contributed by atoms with Crippen LogP contribution in [0.3, 0.4) is 0 Å². The van der Waals surface area contributed by atoms with E-state index >= 15 is 0 Å². The molecule has 27 heavy (non-hydrogen) atoms. The summed E-state index contributed by atoms with van der Waals surface area (Å²) in [6, 6.07) is 6.25. The number of nitrogens with zero attached hydrogens (tertiary/aromatic N) is 2. The average Bonchev–Trinajstić information content (AvgIpc) is 2.98. The summed E-state index contributed by atoms with van der Waals surface area (Å²) in [6.45, 7) is 0. The fourth-order valence-corrected chi connectivity index (χ4v) is 4.90. The maximum absolute atomic E-state index is 12.9. The molecule has 3 heterocycles. The van der Waals surface area contributed by atoms with Crippen molar-refractivity contribution in [2.24, 2.45) is 0 Å². The number of rotatable bonds is 2. The molecule has 1 aromatic rings. The minimum absolute atomic E-state index is 0.119. The highest BCUT2D eigenvalue weighted by Gasteiger charge is 2.45. The van der Waals surface area contributed by atoms with Gasteiger partial charge in [0.1, 0.15) is 12.0 Å². The van der Waals surface area contributed by atoms with Crippen LogP contribution in [0, 0.1) is 0 Å². The fraction of sp³-hybridized carbons (Fsp3) is 0.350. The number of allylic oxidation sites excluding steroid dienone is 2. The van der Waals surface area contributed by atoms with Gasteiger partial charge in [0.2, 0.25) is 0 Å². The van der Waals surface area contributed by atoms with Gasteiger partial charge in [-0.2, -0.15) is 0 Å². The Balaban J connectivity index is 1.66. The lowest BCUT2D eigenvalue weighted by molar-refractivity contribution is 0.202. The predicted octanol–water partition coefficient (Wildman–Crippen LogP) is 5.14. The number of urea groups is 1. The number of halogens is 2. The summed E-state index contributed by atoms with van der Waals surface area (Å²) in [7, 11) is 0. The van der Waals surface area contributed by atoms with E-state index in [9.17, 15) is 4.79 Å². The average molecular weight is 448 g/mol. The molecule has 0 bridgehead atoms. The molecule has 1 atom stereocenters. The second-order valence-corrected chi connectivity index (χ2v) is 8.71. The normalized spacial score (nSPS) is 24.3. The molecule has 1 aromatic carbocycles. The molecule has 0 aromatic heterocycles. The van der Waals surface area contributed by atoms with E-state index in [-0.39, 0.29) is 12.2 Å². The molecule has 5 rings (SSSR count). The van der Waals surface area contributed by atoms with E-state index in [0.717, 1.165) is 40.1 Å². The van der Waals surface area contributed by atoms with E-state index in [1.807, 2.05) is 35.4 Å². The smallest absolute Gasteiger partial charge is 0.328 e. The summed E-state index contributed by atoms with van der Waals surface area (Å²) in [5.41, 5.74) is 2.75. The van der Waals surface area contributed by atoms with Gasteiger partial charge < -0.3 is 15.5 Å². The molecule has 1 fully saturated rings. The zero-order chi connectivity index (χ0) is 18.5. The Morgan fingerprint density at radius 3 is 2.85 bits per heavy atom. The second-order valence-electron chi connectivity index (χ2n) is 7.36. The predicted molar refractivity (Wildman–Crippen MR) is 111 cm³/mol. The molecule has 7 heteroatoms. The number of nitrogens with one attached hydrogen (secondary N) is 2. The second kappa shape index (κ2) is 6.60. The van der Waals surface area contributed by atoms with Crippen molar-refractivity contribution in [2.45, 2.75) is 44.3 Å². The number of carbonyl (C=O) groups is 1. The standard InChI is InChI=1S/C20H20BrClN4O/c21-12-6-8-16-15(10-12)18-19(23-14-4-2-1-3-5-14)25-11-13(22)7-9-17(25)26(18)20(27)24-16/h6-11,14,17,23H,1-5H2,(H,24,27). The number of fused-ring (bicyclic) bond motifs is 5. The molecule has 2 N–H and O–H groups in total. The van der Waals surface area contributed by atoms with Crippen LogP contribution in [0.25, 0.3) is 5.70 Å². The van der Waals surface area contributed by atoms with Crippen LogP contribution in [-0.4, -0.2) is 28.0 Å². The molecular formula is C20H20BrClN4O. The zero-order valence-corrected chi connectivity index (χ0v) is 17.1. The van der Waals surface area contributed by atoms with Gasteiger partial charge in [0, 0.05) is 22.3 Å². The fourth-order valence-electron chi connectivity index (χ4n) is 4.36. The van der Waals surface area contributed by atoms with Crippen LogP contribution in [0.15, 0.2) is 51.9 Å². The third-order valence-electron chi connectivity index (χ3n) is 5.61. The van der Waals surface area contributed by atoms with Crippen molar-refractivity contribution in [1.82, 2.24) is 15.1 Å². The molecule has 0 saturated heterocycles. The van der Waals surface area contributed by atoms with Gasteiger partial charge in [0.05, 0.1) is 16.4 Å². The number of anilines is 1. The summed E-state index contributed by atoms with van der Waals surface area (Å²) in [5, 5.41) is 7.42. The Morgan fingerprint density at radius 2 is 2.04 bits per heavy atom. The van der Waals surface area contributed by atoms with E-state index in [1.54, 1.807) is 0 Å². The van der Waals surface area contributed by atoms with Gasteiger partial charge in [0.15, 0.2) is 0 Å². The highest BCUT2D eigenvalue weighted by Crippen LogP contribution is 2.44. The number of carbonyl (C=O) groups excluding carboxylic acids is 1. The van der Waals surface area contributed by atoms with Gasteiger partial charge in [-0.25, -0.2) is 4.79 Å². The summed E-state index contributed by atoms with van der Waals surface area (Å²) < 4.78 is 0.982. The van der Waals surface area contributed by atoms with Crippen LogP contribution in [0.2, 0.25) is 0 Å². The van der Waals surface area contributed by atoms with Gasteiger partial charge in [-0.15, -0.1) is 0 Å². The lowest BCUT2D eigenvalue weighted by atomic mass is 9.95. The molecule has 3 aliphatic heterocycles. The SMILES string of the molecule is O=C1Nc2ccc(Br)cc2C2=C(NC3CCCCC3)N3C=C(Cl)C=CC3N12. The van der Waals surface area contributed by atoms with E-state index in [1.165, 1.54) is 19.3 Å². The summed E-state index contributed by atoms with van der Waals surface area (Å²) in [4.78, 5) is 16.8. The van der Waals surface area contributed by atoms with Crippen molar-refractivity contribution in [3.8, 4) is 0 Å². The first-order valence-electron chi connectivity index (χ1n) is 9.36. The minimum Gasteiger partial charge on any atom is -0.367 e. The Hall–Kier alpha value is -1.92. The molecule has 0 radical (unpaired) electrons. The van der Waals surface area contributed by atoms with Gasteiger partial charge in [-0.1, -0.05) is 46.8 Å². The molecule has 1 unspecified atom stereocenters. The van der Waals surface area contributed by atoms with E-state index in [2.05, 4.69) is 37.5 Å². The van der Waals surface area contributed by atoms with Crippen molar-refractivity contribution in [1.29, 1.82) is 0 Å². The van der Waals surface area contributed by atoms with Crippen LogP contribution in [-0.2, 0) is 0 Å². The monoisotopic (exact) mass is 446 g/mol. The third kappa shape index (κ3) is 2.86. The van der Waals surface area contributed by atoms with Crippen LogP contribution >= 0.6 is 27.5 Å². The van der Waals surface area contributed by atoms with Gasteiger partial charge in [0.25, 0.3) is 0 Å². The maximum Gasteiger partial charge on any atom is 0.328 e. The maximum atomic E-state index is 12.9. The summed E-state index contributed by atoms with van der Waals surface area (Å²) in [6.07, 6.45) is 11.6. The Morgan fingerprint density at radius 1 is 1.22 bits per heavy atom. The molecular weight excluding hydrogens is 428 g/mol. The van der Waals surface area contributed by atoms with Gasteiger partial charge >= 0.3 is 6.03 Å². The first-order valence-corrected chi connectivity index (χ1v) is 10.5. The van der Waals surface area contributed by atoms with Crippen molar-refractivity contribution in [3.63, 3.8) is 0 Å². The zero-order valence-electron chi connectivity index (χ0n) is 14.7. The van der Waals surface area contributed by atoms with E-state index in [0.29, 0.717) is 11.1 Å². The van der Waals surface area contributed by atoms with E-state index in [4.69, 9.17) is 11.6 Å². The highest BCUT2D eigenvalue weighted by molar-refractivity contribution is 9.10. The largest absolute Gasteiger partial charge is 0.367 e. The molecule has 5 nitrogen and oxygen atoms in total. The van der Waals surface area contributed by atoms with Crippen LogP contribution < -0.4 is 10.6 Å². The Labute approximate surface area is 171 Å². The lowest BCUT2D eigenvalue weighted by Gasteiger charge is -2.34. The molecule has 1 aliphatic carbocycles. The molecule has 140 valence electrons. The van der Waals surface area contributed by atoms with Crippen LogP contribution in [0.4, 0.5) is 10.5 Å². The molecule has 0 spiro atoms. The van der Waals surface area contributed by atoms with Crippen molar-refractivity contribution < 1.29 is 4.79 Å². The minimum atomic E-state index is -0.208. The third-order valence-corrected chi connectivity index (χ3v) is 6.32.